The van der Waals surface area contributed by atoms with Gasteiger partial charge < -0.3 is 14.2 Å². The molecule has 3 nitrogen and oxygen atoms in total. The first-order chi connectivity index (χ1) is 26.1. The molecule has 0 N–H and O–H groups in total. The van der Waals surface area contributed by atoms with Crippen molar-refractivity contribution in [3.8, 4) is 28.4 Å². The fourth-order valence-corrected chi connectivity index (χ4v) is 6.72. The molecule has 14 heteroatoms. The van der Waals surface area contributed by atoms with Gasteiger partial charge in [0.25, 0.3) is 0 Å². The number of hydrogen-bond acceptors (Lipinski definition) is 3. The van der Waals surface area contributed by atoms with Crippen LogP contribution in [0, 0.1) is 29.2 Å². The van der Waals surface area contributed by atoms with E-state index < -0.39 is 76.0 Å². The lowest BCUT2D eigenvalue weighted by Crippen LogP contribution is -2.25. The standard InChI is InChI=1S/C41H37F11O3/c1-2-3-4-5-6-7-24-8-10-25(11-9-24)26-12-14-27(15-13-26)28-16-18-31(33(42)20-28)40(49,50)54-29-17-19-32(34(43)21-29)41(51,52)55-30-22-35(44)37(36(45)23-30)53-39(48)38(46)47/h12-25H,2-11H2,1H3. The fourth-order valence-electron chi connectivity index (χ4n) is 6.72. The Balaban J connectivity index is 1.20. The Morgan fingerprint density at radius 2 is 1.13 bits per heavy atom. The average Bonchev–Trinajstić information content (AvgIpc) is 3.12. The van der Waals surface area contributed by atoms with Gasteiger partial charge in [0.15, 0.2) is 11.6 Å². The molecular weight excluding hydrogens is 749 g/mol. The molecule has 5 rings (SSSR count). The highest BCUT2D eigenvalue weighted by Crippen LogP contribution is 2.41. The summed E-state index contributed by atoms with van der Waals surface area (Å²) in [6.07, 6.45) is 0.00123. The van der Waals surface area contributed by atoms with Crippen LogP contribution in [0.1, 0.15) is 93.7 Å². The highest BCUT2D eigenvalue weighted by molar-refractivity contribution is 5.64. The molecule has 55 heavy (non-hydrogen) atoms. The number of rotatable bonds is 16. The minimum absolute atomic E-state index is 0.0170. The number of hydrogen-bond donors (Lipinski definition) is 0. The van der Waals surface area contributed by atoms with Gasteiger partial charge in [0, 0.05) is 18.2 Å². The molecule has 0 aromatic heterocycles. The van der Waals surface area contributed by atoms with Gasteiger partial charge in [-0.1, -0.05) is 75.8 Å². The van der Waals surface area contributed by atoms with E-state index in [-0.39, 0.29) is 24.3 Å². The summed E-state index contributed by atoms with van der Waals surface area (Å²) in [5.41, 5.74) is -0.743. The summed E-state index contributed by atoms with van der Waals surface area (Å²) in [6, 6.07) is 8.76. The average molecular weight is 787 g/mol. The fraction of sp³-hybridized carbons (Fsp3) is 0.366. The van der Waals surface area contributed by atoms with E-state index in [2.05, 4.69) is 21.1 Å². The Morgan fingerprint density at radius 3 is 1.69 bits per heavy atom. The van der Waals surface area contributed by atoms with Crippen LogP contribution in [0.5, 0.6) is 17.2 Å². The van der Waals surface area contributed by atoms with Crippen molar-refractivity contribution in [1.29, 1.82) is 0 Å². The quantitative estimate of drug-likeness (QED) is 0.0643. The van der Waals surface area contributed by atoms with Crippen LogP contribution in [0.3, 0.4) is 0 Å². The topological polar surface area (TPSA) is 27.7 Å². The molecule has 0 saturated heterocycles. The van der Waals surface area contributed by atoms with E-state index in [9.17, 15) is 35.1 Å². The summed E-state index contributed by atoms with van der Waals surface area (Å²) >= 11 is 0. The largest absolute Gasteiger partial charge is 0.429 e. The Bertz CT molecular complexity index is 1930. The van der Waals surface area contributed by atoms with Crippen molar-refractivity contribution >= 4 is 0 Å². The summed E-state index contributed by atoms with van der Waals surface area (Å²) in [5, 5.41) is 0. The molecule has 1 aliphatic carbocycles. The van der Waals surface area contributed by atoms with Crippen molar-refractivity contribution in [3.05, 3.63) is 125 Å². The minimum Gasteiger partial charge on any atom is -0.429 e. The molecule has 0 bridgehead atoms. The Hall–Kier alpha value is -4.75. The van der Waals surface area contributed by atoms with Crippen molar-refractivity contribution in [1.82, 2.24) is 0 Å². The van der Waals surface area contributed by atoms with E-state index in [0.717, 1.165) is 36.5 Å². The molecule has 0 amide bonds. The van der Waals surface area contributed by atoms with Crippen molar-refractivity contribution in [2.75, 3.05) is 0 Å². The van der Waals surface area contributed by atoms with Gasteiger partial charge in [-0.05, 0) is 78.5 Å². The van der Waals surface area contributed by atoms with Crippen LogP contribution in [-0.2, 0) is 12.2 Å². The first-order valence-corrected chi connectivity index (χ1v) is 17.8. The lowest BCUT2D eigenvalue weighted by atomic mass is 9.77. The predicted molar refractivity (Wildman–Crippen MR) is 183 cm³/mol. The Morgan fingerprint density at radius 1 is 0.600 bits per heavy atom. The van der Waals surface area contributed by atoms with Gasteiger partial charge in [-0.15, -0.1) is 0 Å². The first kappa shape index (κ1) is 41.4. The molecule has 0 unspecified atom stereocenters. The van der Waals surface area contributed by atoms with Crippen molar-refractivity contribution in [2.24, 2.45) is 5.92 Å². The number of halogens is 11. The van der Waals surface area contributed by atoms with Crippen molar-refractivity contribution < 1.29 is 62.5 Å². The number of ether oxygens (including phenoxy) is 3. The van der Waals surface area contributed by atoms with Crippen LogP contribution >= 0.6 is 0 Å². The molecule has 0 spiro atoms. The van der Waals surface area contributed by atoms with E-state index >= 15 is 13.2 Å². The number of benzene rings is 4. The van der Waals surface area contributed by atoms with Crippen LogP contribution in [0.2, 0.25) is 0 Å². The first-order valence-electron chi connectivity index (χ1n) is 17.8. The second-order valence-electron chi connectivity index (χ2n) is 13.5. The summed E-state index contributed by atoms with van der Waals surface area (Å²) in [6.45, 7) is 2.20. The summed E-state index contributed by atoms with van der Waals surface area (Å²) < 4.78 is 168. The van der Waals surface area contributed by atoms with Gasteiger partial charge in [0.2, 0.25) is 5.75 Å². The van der Waals surface area contributed by atoms with Crippen LogP contribution < -0.4 is 14.2 Å². The third kappa shape index (κ3) is 10.5. The zero-order chi connectivity index (χ0) is 39.9. The highest BCUT2D eigenvalue weighted by atomic mass is 19.3. The van der Waals surface area contributed by atoms with Crippen LogP contribution in [0.25, 0.3) is 11.1 Å². The molecule has 1 aliphatic rings. The third-order valence-electron chi connectivity index (χ3n) is 9.62. The number of unbranched alkanes of at least 4 members (excludes halogenated alkanes) is 4. The molecule has 4 aromatic rings. The second kappa shape index (κ2) is 17.8. The summed E-state index contributed by atoms with van der Waals surface area (Å²) in [4.78, 5) is 0. The van der Waals surface area contributed by atoms with Crippen LogP contribution in [0.15, 0.2) is 84.9 Å². The van der Waals surface area contributed by atoms with Crippen LogP contribution in [0.4, 0.5) is 48.3 Å². The monoisotopic (exact) mass is 786 g/mol. The molecule has 1 saturated carbocycles. The molecule has 1 fully saturated rings. The van der Waals surface area contributed by atoms with Crippen LogP contribution in [-0.4, -0.2) is 0 Å². The zero-order valence-electron chi connectivity index (χ0n) is 29.5. The maximum absolute atomic E-state index is 15.1. The molecular formula is C41H37F11O3. The predicted octanol–water partition coefficient (Wildman–Crippen LogP) is 14.2. The maximum Gasteiger partial charge on any atom is 0.429 e. The van der Waals surface area contributed by atoms with E-state index in [1.165, 1.54) is 57.4 Å². The second-order valence-corrected chi connectivity index (χ2v) is 13.5. The number of alkyl halides is 4. The Kier molecular flexibility index (Phi) is 13.4. The molecule has 296 valence electrons. The lowest BCUT2D eigenvalue weighted by molar-refractivity contribution is -0.189. The zero-order valence-corrected chi connectivity index (χ0v) is 29.5. The molecule has 0 heterocycles. The van der Waals surface area contributed by atoms with Crippen molar-refractivity contribution in [2.45, 2.75) is 89.3 Å². The van der Waals surface area contributed by atoms with Gasteiger partial charge in [-0.2, -0.15) is 30.7 Å². The summed E-state index contributed by atoms with van der Waals surface area (Å²) in [5.74, 6) is -9.91. The third-order valence-corrected chi connectivity index (χ3v) is 9.62. The van der Waals surface area contributed by atoms with Gasteiger partial charge in [-0.25, -0.2) is 17.6 Å². The minimum atomic E-state index is -4.70. The van der Waals surface area contributed by atoms with E-state index in [1.54, 1.807) is 12.1 Å². The maximum atomic E-state index is 15.1. The van der Waals surface area contributed by atoms with E-state index in [4.69, 9.17) is 0 Å². The van der Waals surface area contributed by atoms with E-state index in [0.29, 0.717) is 23.1 Å². The molecule has 0 radical (unpaired) electrons. The van der Waals surface area contributed by atoms with Gasteiger partial charge in [-0.3, -0.25) is 0 Å². The molecule has 0 atom stereocenters. The van der Waals surface area contributed by atoms with Gasteiger partial charge in [0.05, 0.1) is 5.56 Å². The molecule has 0 aliphatic heterocycles. The summed E-state index contributed by atoms with van der Waals surface area (Å²) in [7, 11) is 0. The molecule has 4 aromatic carbocycles. The van der Waals surface area contributed by atoms with Gasteiger partial charge >= 0.3 is 24.3 Å². The van der Waals surface area contributed by atoms with Gasteiger partial charge in [0.1, 0.15) is 28.7 Å². The SMILES string of the molecule is CCCCCCCC1CCC(c2ccc(-c3ccc(C(F)(F)Oc4ccc(C(F)(F)Oc5cc(F)c(OC(F)=C(F)F)c(F)c5)c(F)c4)c(F)c3)cc2)CC1. The van der Waals surface area contributed by atoms with Crippen molar-refractivity contribution in [3.63, 3.8) is 0 Å². The smallest absolute Gasteiger partial charge is 0.429 e. The Labute approximate surface area is 310 Å². The highest BCUT2D eigenvalue weighted by Gasteiger charge is 2.41. The lowest BCUT2D eigenvalue weighted by Gasteiger charge is -2.29. The van der Waals surface area contributed by atoms with E-state index in [1.807, 2.05) is 12.1 Å². The normalized spacial score (nSPS) is 16.1.